The van der Waals surface area contributed by atoms with E-state index in [-0.39, 0.29) is 5.41 Å². The number of fused-ring (bicyclic) bond motifs is 3. The minimum Gasteiger partial charge on any atom is -0.0985 e. The topological polar surface area (TPSA) is 0 Å². The van der Waals surface area contributed by atoms with Gasteiger partial charge in [-0.15, -0.1) is 0 Å². The van der Waals surface area contributed by atoms with E-state index in [4.69, 9.17) is 0 Å². The molecule has 4 bridgehead atoms. The van der Waals surface area contributed by atoms with Gasteiger partial charge in [-0.05, 0) is 113 Å². The predicted octanol–water partition coefficient (Wildman–Crippen LogP) is 12.3. The van der Waals surface area contributed by atoms with Crippen molar-refractivity contribution in [2.75, 3.05) is 0 Å². The molecule has 0 N–H and O–H groups in total. The molecule has 3 aromatic carbocycles. The lowest BCUT2D eigenvalue weighted by Gasteiger charge is -2.63. The second kappa shape index (κ2) is 11.7. The number of unbranched alkanes of at least 4 members (excludes halogenated alkanes) is 6. The normalized spacial score (nSPS) is 27.7. The first-order valence-corrected chi connectivity index (χ1v) is 18.0. The van der Waals surface area contributed by atoms with Crippen molar-refractivity contribution in [2.45, 2.75) is 133 Å². The molecule has 0 amide bonds. The highest BCUT2D eigenvalue weighted by molar-refractivity contribution is 5.81. The van der Waals surface area contributed by atoms with E-state index in [0.29, 0.717) is 10.8 Å². The molecule has 0 heterocycles. The second-order valence-electron chi connectivity index (χ2n) is 15.4. The van der Waals surface area contributed by atoms with Crippen molar-refractivity contribution < 1.29 is 0 Å². The molecule has 226 valence electrons. The SMILES string of the molecule is C=Cc1ccc(C23CC4CC(C2)CC(c2ccc5c(c2)-c2ccccc2C5(CCCCCC)CCCCCC)(C4)C3)cc1. The molecule has 43 heavy (non-hydrogen) atoms. The van der Waals surface area contributed by atoms with Crippen molar-refractivity contribution in [3.63, 3.8) is 0 Å². The first-order chi connectivity index (χ1) is 21.0. The monoisotopic (exact) mass is 570 g/mol. The maximum absolute atomic E-state index is 4.01. The van der Waals surface area contributed by atoms with Crippen molar-refractivity contribution in [3.8, 4) is 11.1 Å². The van der Waals surface area contributed by atoms with Crippen LogP contribution in [0.15, 0.2) is 73.3 Å². The minimum absolute atomic E-state index is 0.196. The van der Waals surface area contributed by atoms with Gasteiger partial charge in [0.2, 0.25) is 0 Å². The fourth-order valence-corrected chi connectivity index (χ4v) is 11.1. The Morgan fingerprint density at radius 3 is 1.86 bits per heavy atom. The average Bonchev–Trinajstić information content (AvgIpc) is 3.30. The predicted molar refractivity (Wildman–Crippen MR) is 185 cm³/mol. The molecule has 0 heteroatoms. The van der Waals surface area contributed by atoms with Crippen LogP contribution in [0, 0.1) is 11.8 Å². The molecular formula is C43H54. The first kappa shape index (κ1) is 29.1. The summed E-state index contributed by atoms with van der Waals surface area (Å²) in [6, 6.07) is 27.1. The van der Waals surface area contributed by atoms with E-state index in [1.165, 1.54) is 108 Å². The smallest absolute Gasteiger partial charge is 0.0215 e. The Morgan fingerprint density at radius 1 is 0.651 bits per heavy atom. The fraction of sp³-hybridized carbons (Fsp3) is 0.535. The lowest BCUT2D eigenvalue weighted by atomic mass is 9.41. The van der Waals surface area contributed by atoms with E-state index in [1.807, 2.05) is 6.08 Å². The van der Waals surface area contributed by atoms with Crippen LogP contribution in [0.1, 0.15) is 144 Å². The molecule has 5 aliphatic carbocycles. The van der Waals surface area contributed by atoms with Crippen LogP contribution in [0.3, 0.4) is 0 Å². The van der Waals surface area contributed by atoms with Crippen LogP contribution in [0.25, 0.3) is 17.2 Å². The van der Waals surface area contributed by atoms with Crippen molar-refractivity contribution in [1.29, 1.82) is 0 Å². The van der Waals surface area contributed by atoms with Gasteiger partial charge in [-0.25, -0.2) is 0 Å². The van der Waals surface area contributed by atoms with Crippen molar-refractivity contribution >= 4 is 6.08 Å². The third-order valence-electron chi connectivity index (χ3n) is 12.6. The zero-order valence-corrected chi connectivity index (χ0v) is 27.1. The van der Waals surface area contributed by atoms with Gasteiger partial charge >= 0.3 is 0 Å². The zero-order valence-electron chi connectivity index (χ0n) is 27.1. The standard InChI is InChI=1S/C43H54/c1-4-7-9-13-23-43(24-14-10-8-5-2)39-16-12-11-15-37(39)38-26-36(21-22-40(38)43)42-29-33-25-34(30-42)28-41(27-33,31-42)35-19-17-32(6-3)18-20-35/h6,11-12,15-22,26,33-34H,3-5,7-10,13-14,23-25,27-31H2,1-2H3. The molecule has 0 aromatic heterocycles. The number of rotatable bonds is 13. The van der Waals surface area contributed by atoms with E-state index >= 15 is 0 Å². The number of hydrogen-bond donors (Lipinski definition) is 0. The van der Waals surface area contributed by atoms with Gasteiger partial charge in [0.25, 0.3) is 0 Å². The molecule has 2 atom stereocenters. The molecule has 3 aromatic rings. The Morgan fingerprint density at radius 2 is 1.23 bits per heavy atom. The third-order valence-corrected chi connectivity index (χ3v) is 12.6. The highest BCUT2D eigenvalue weighted by atomic mass is 14.6. The lowest BCUT2D eigenvalue weighted by molar-refractivity contribution is -0.0281. The summed E-state index contributed by atoms with van der Waals surface area (Å²) in [6.07, 6.45) is 23.7. The van der Waals surface area contributed by atoms with Gasteiger partial charge in [-0.3, -0.25) is 0 Å². The highest BCUT2D eigenvalue weighted by Crippen LogP contribution is 2.67. The molecule has 0 radical (unpaired) electrons. The van der Waals surface area contributed by atoms with Crippen LogP contribution < -0.4 is 0 Å². The summed E-state index contributed by atoms with van der Waals surface area (Å²) in [6.45, 7) is 8.69. The summed E-state index contributed by atoms with van der Waals surface area (Å²) in [7, 11) is 0. The van der Waals surface area contributed by atoms with E-state index in [1.54, 1.807) is 33.4 Å². The quantitative estimate of drug-likeness (QED) is 0.179. The molecule has 0 saturated heterocycles. The van der Waals surface area contributed by atoms with Crippen LogP contribution >= 0.6 is 0 Å². The summed E-state index contributed by atoms with van der Waals surface area (Å²) in [4.78, 5) is 0. The highest BCUT2D eigenvalue weighted by Gasteiger charge is 2.59. The Hall–Kier alpha value is -2.60. The maximum Gasteiger partial charge on any atom is 0.0215 e. The van der Waals surface area contributed by atoms with Crippen molar-refractivity contribution in [3.05, 3.63) is 101 Å². The van der Waals surface area contributed by atoms with Gasteiger partial charge in [0, 0.05) is 5.41 Å². The van der Waals surface area contributed by atoms with Gasteiger partial charge in [-0.2, -0.15) is 0 Å². The molecule has 0 spiro atoms. The van der Waals surface area contributed by atoms with E-state index in [0.717, 1.165) is 11.8 Å². The van der Waals surface area contributed by atoms with Gasteiger partial charge in [0.05, 0.1) is 0 Å². The minimum atomic E-state index is 0.196. The number of hydrogen-bond acceptors (Lipinski definition) is 0. The van der Waals surface area contributed by atoms with Crippen LogP contribution in [0.4, 0.5) is 0 Å². The van der Waals surface area contributed by atoms with Gasteiger partial charge < -0.3 is 0 Å². The molecule has 4 fully saturated rings. The summed E-state index contributed by atoms with van der Waals surface area (Å²) in [5, 5.41) is 0. The average molecular weight is 571 g/mol. The van der Waals surface area contributed by atoms with Crippen LogP contribution in [-0.2, 0) is 16.2 Å². The molecule has 0 nitrogen and oxygen atoms in total. The Labute approximate surface area is 262 Å². The lowest BCUT2D eigenvalue weighted by Crippen LogP contribution is -2.55. The summed E-state index contributed by atoms with van der Waals surface area (Å²) in [5.74, 6) is 1.74. The Bertz CT molecular complexity index is 1410. The van der Waals surface area contributed by atoms with Crippen LogP contribution in [0.5, 0.6) is 0 Å². The summed E-state index contributed by atoms with van der Waals surface area (Å²) >= 11 is 0. The van der Waals surface area contributed by atoms with Gasteiger partial charge in [0.1, 0.15) is 0 Å². The van der Waals surface area contributed by atoms with E-state index in [2.05, 4.69) is 87.2 Å². The van der Waals surface area contributed by atoms with Gasteiger partial charge in [0.15, 0.2) is 0 Å². The Kier molecular flexibility index (Phi) is 7.94. The number of benzene rings is 3. The molecule has 5 aliphatic rings. The fourth-order valence-electron chi connectivity index (χ4n) is 11.1. The first-order valence-electron chi connectivity index (χ1n) is 18.0. The molecule has 8 rings (SSSR count). The summed E-state index contributed by atoms with van der Waals surface area (Å²) in [5.41, 5.74) is 11.8. The van der Waals surface area contributed by atoms with Crippen LogP contribution in [-0.4, -0.2) is 0 Å². The molecular weight excluding hydrogens is 516 g/mol. The third kappa shape index (κ3) is 4.96. The maximum atomic E-state index is 4.01. The molecule has 0 aliphatic heterocycles. The van der Waals surface area contributed by atoms with E-state index < -0.39 is 0 Å². The second-order valence-corrected chi connectivity index (χ2v) is 15.4. The van der Waals surface area contributed by atoms with Crippen LogP contribution in [0.2, 0.25) is 0 Å². The van der Waals surface area contributed by atoms with E-state index in [9.17, 15) is 0 Å². The molecule has 2 unspecified atom stereocenters. The Balaban J connectivity index is 1.28. The zero-order chi connectivity index (χ0) is 29.5. The van der Waals surface area contributed by atoms with Crippen molar-refractivity contribution in [1.82, 2.24) is 0 Å². The van der Waals surface area contributed by atoms with Crippen molar-refractivity contribution in [2.24, 2.45) is 11.8 Å². The molecule has 4 saturated carbocycles. The largest absolute Gasteiger partial charge is 0.0985 e. The van der Waals surface area contributed by atoms with Gasteiger partial charge in [-0.1, -0.05) is 145 Å². The summed E-state index contributed by atoms with van der Waals surface area (Å²) < 4.78 is 0.